The normalized spacial score (nSPS) is 13.9. The van der Waals surface area contributed by atoms with Gasteiger partial charge in [0.15, 0.2) is 4.21 Å². The van der Waals surface area contributed by atoms with Gasteiger partial charge in [0.25, 0.3) is 10.0 Å². The van der Waals surface area contributed by atoms with Crippen LogP contribution in [0.2, 0.25) is 0 Å². The van der Waals surface area contributed by atoms with Crippen LogP contribution < -0.4 is 10.0 Å². The number of amides is 1. The van der Waals surface area contributed by atoms with E-state index in [0.29, 0.717) is 21.9 Å². The van der Waals surface area contributed by atoms with Gasteiger partial charge in [0.1, 0.15) is 10.8 Å². The lowest BCUT2D eigenvalue weighted by Crippen LogP contribution is -2.14. The fourth-order valence-electron chi connectivity index (χ4n) is 2.57. The molecule has 0 bridgehead atoms. The molecule has 1 aliphatic carbocycles. The number of sulfonamides is 1. The Morgan fingerprint density at radius 3 is 2.54 bits per heavy atom. The predicted octanol–water partition coefficient (Wildman–Crippen LogP) is 4.10. The molecule has 1 saturated carbocycles. The van der Waals surface area contributed by atoms with Gasteiger partial charge < -0.3 is 5.32 Å². The summed E-state index contributed by atoms with van der Waals surface area (Å²) >= 11 is 0.991. The highest BCUT2D eigenvalue weighted by atomic mass is 32.2. The summed E-state index contributed by atoms with van der Waals surface area (Å²) in [5.74, 6) is -0.364. The van der Waals surface area contributed by atoms with Crippen molar-refractivity contribution in [3.63, 3.8) is 0 Å². The van der Waals surface area contributed by atoms with Crippen molar-refractivity contribution >= 4 is 38.6 Å². The van der Waals surface area contributed by atoms with Gasteiger partial charge in [-0.05, 0) is 55.3 Å². The zero-order chi connectivity index (χ0) is 19.7. The Hall–Kier alpha value is -2.78. The minimum Gasteiger partial charge on any atom is -0.326 e. The molecule has 28 heavy (non-hydrogen) atoms. The van der Waals surface area contributed by atoms with Crippen LogP contribution >= 0.6 is 11.3 Å². The van der Waals surface area contributed by atoms with Gasteiger partial charge in [-0.25, -0.2) is 17.8 Å². The fraction of sp³-hybridized carbons (Fsp3) is 0.158. The lowest BCUT2D eigenvalue weighted by molar-refractivity contribution is -0.117. The standard InChI is InChI=1S/C19H16FN3O3S2/c20-14-8-6-13(7-9-14)19-21-11-17(27-19)28(25,26)23-16-3-1-2-15(10-16)22-18(24)12-4-5-12/h1-3,6-12,23H,4-5H2,(H,22,24). The van der Waals surface area contributed by atoms with Crippen LogP contribution in [0.25, 0.3) is 10.6 Å². The van der Waals surface area contributed by atoms with Crippen LogP contribution in [-0.4, -0.2) is 19.3 Å². The molecule has 6 nitrogen and oxygen atoms in total. The number of thiazole rings is 1. The number of rotatable bonds is 6. The van der Waals surface area contributed by atoms with Crippen molar-refractivity contribution in [2.75, 3.05) is 10.0 Å². The summed E-state index contributed by atoms with van der Waals surface area (Å²) in [6.07, 6.45) is 3.05. The molecule has 9 heteroatoms. The smallest absolute Gasteiger partial charge is 0.273 e. The number of carbonyl (C=O) groups excluding carboxylic acids is 1. The SMILES string of the molecule is O=C(Nc1cccc(NS(=O)(=O)c2cnc(-c3ccc(F)cc3)s2)c1)C1CC1. The van der Waals surface area contributed by atoms with Gasteiger partial charge in [-0.1, -0.05) is 6.07 Å². The lowest BCUT2D eigenvalue weighted by atomic mass is 10.2. The van der Waals surface area contributed by atoms with Gasteiger partial charge >= 0.3 is 0 Å². The van der Waals surface area contributed by atoms with Crippen LogP contribution in [0.4, 0.5) is 15.8 Å². The second-order valence-corrected chi connectivity index (χ2v) is 9.38. The number of nitrogens with one attached hydrogen (secondary N) is 2. The molecule has 1 fully saturated rings. The minimum absolute atomic E-state index is 0.0410. The van der Waals surface area contributed by atoms with Crippen LogP contribution in [0.1, 0.15) is 12.8 Å². The van der Waals surface area contributed by atoms with E-state index in [-0.39, 0.29) is 21.9 Å². The first-order chi connectivity index (χ1) is 13.4. The summed E-state index contributed by atoms with van der Waals surface area (Å²) in [6, 6.07) is 12.2. The number of halogens is 1. The van der Waals surface area contributed by atoms with Crippen molar-refractivity contribution in [2.24, 2.45) is 5.92 Å². The molecule has 1 aliphatic rings. The zero-order valence-electron chi connectivity index (χ0n) is 14.6. The van der Waals surface area contributed by atoms with E-state index < -0.39 is 10.0 Å². The maximum Gasteiger partial charge on any atom is 0.273 e. The van der Waals surface area contributed by atoms with Crippen molar-refractivity contribution < 1.29 is 17.6 Å². The second kappa shape index (κ2) is 7.33. The molecule has 0 aliphatic heterocycles. The van der Waals surface area contributed by atoms with E-state index in [0.717, 1.165) is 24.2 Å². The Bertz CT molecular complexity index is 1120. The Kier molecular flexibility index (Phi) is 4.86. The molecule has 144 valence electrons. The zero-order valence-corrected chi connectivity index (χ0v) is 16.2. The number of benzene rings is 2. The van der Waals surface area contributed by atoms with Crippen molar-refractivity contribution in [1.82, 2.24) is 4.98 Å². The first-order valence-electron chi connectivity index (χ1n) is 8.56. The van der Waals surface area contributed by atoms with Crippen molar-refractivity contribution in [3.8, 4) is 10.6 Å². The third-order valence-corrected chi connectivity index (χ3v) is 7.06. The molecule has 0 unspecified atom stereocenters. The van der Waals surface area contributed by atoms with E-state index in [1.54, 1.807) is 36.4 Å². The molecule has 4 rings (SSSR count). The van der Waals surface area contributed by atoms with Crippen LogP contribution in [0.3, 0.4) is 0 Å². The molecule has 2 aromatic carbocycles. The summed E-state index contributed by atoms with van der Waals surface area (Å²) in [6.45, 7) is 0. The monoisotopic (exact) mass is 417 g/mol. The number of aromatic nitrogens is 1. The number of anilines is 2. The van der Waals surface area contributed by atoms with Crippen LogP contribution in [0.15, 0.2) is 58.9 Å². The van der Waals surface area contributed by atoms with Crippen molar-refractivity contribution in [1.29, 1.82) is 0 Å². The number of hydrogen-bond donors (Lipinski definition) is 2. The average Bonchev–Trinajstić information content (AvgIpc) is 3.39. The average molecular weight is 417 g/mol. The molecular weight excluding hydrogens is 401 g/mol. The third kappa shape index (κ3) is 4.20. The molecule has 0 spiro atoms. The van der Waals surface area contributed by atoms with E-state index in [9.17, 15) is 17.6 Å². The lowest BCUT2D eigenvalue weighted by Gasteiger charge is -2.09. The highest BCUT2D eigenvalue weighted by Crippen LogP contribution is 2.31. The summed E-state index contributed by atoms with van der Waals surface area (Å²) in [5, 5.41) is 3.26. The fourth-order valence-corrected chi connectivity index (χ4v) is 4.75. The van der Waals surface area contributed by atoms with Crippen LogP contribution in [0.5, 0.6) is 0 Å². The van der Waals surface area contributed by atoms with Gasteiger partial charge in [0.2, 0.25) is 5.91 Å². The second-order valence-electron chi connectivity index (χ2n) is 6.44. The van der Waals surface area contributed by atoms with E-state index in [4.69, 9.17) is 0 Å². The van der Waals surface area contributed by atoms with Crippen molar-refractivity contribution in [3.05, 3.63) is 60.5 Å². The van der Waals surface area contributed by atoms with Crippen LogP contribution in [0, 0.1) is 11.7 Å². The highest BCUT2D eigenvalue weighted by Gasteiger charge is 2.29. The summed E-state index contributed by atoms with van der Waals surface area (Å²) in [5.41, 5.74) is 1.51. The maximum atomic E-state index is 13.0. The van der Waals surface area contributed by atoms with Crippen LogP contribution in [-0.2, 0) is 14.8 Å². The topological polar surface area (TPSA) is 88.2 Å². The molecule has 1 aromatic heterocycles. The van der Waals surface area contributed by atoms with E-state index >= 15 is 0 Å². The van der Waals surface area contributed by atoms with E-state index in [2.05, 4.69) is 15.0 Å². The van der Waals surface area contributed by atoms with Gasteiger partial charge in [-0.2, -0.15) is 0 Å². The largest absolute Gasteiger partial charge is 0.326 e. The minimum atomic E-state index is -3.84. The Balaban J connectivity index is 1.51. The van der Waals surface area contributed by atoms with Gasteiger partial charge in [0.05, 0.1) is 11.9 Å². The molecule has 0 radical (unpaired) electrons. The van der Waals surface area contributed by atoms with Gasteiger partial charge in [-0.15, -0.1) is 11.3 Å². The number of nitrogens with zero attached hydrogens (tertiary/aromatic N) is 1. The highest BCUT2D eigenvalue weighted by molar-refractivity contribution is 7.94. The summed E-state index contributed by atoms with van der Waals surface area (Å²) in [7, 11) is -3.84. The molecule has 3 aromatic rings. The molecule has 0 atom stereocenters. The first kappa shape index (κ1) is 18.6. The van der Waals surface area contributed by atoms with E-state index in [1.807, 2.05) is 0 Å². The van der Waals surface area contributed by atoms with Crippen molar-refractivity contribution in [2.45, 2.75) is 17.1 Å². The predicted molar refractivity (Wildman–Crippen MR) is 106 cm³/mol. The maximum absolute atomic E-state index is 13.0. The number of carbonyl (C=O) groups is 1. The summed E-state index contributed by atoms with van der Waals surface area (Å²) < 4.78 is 40.9. The van der Waals surface area contributed by atoms with Gasteiger partial charge in [-0.3, -0.25) is 9.52 Å². The summed E-state index contributed by atoms with van der Waals surface area (Å²) in [4.78, 5) is 16.0. The third-order valence-electron chi connectivity index (χ3n) is 4.17. The molecular formula is C19H16FN3O3S2. The Morgan fingerprint density at radius 2 is 1.82 bits per heavy atom. The molecule has 1 amide bonds. The number of hydrogen-bond acceptors (Lipinski definition) is 5. The quantitative estimate of drug-likeness (QED) is 0.632. The van der Waals surface area contributed by atoms with E-state index in [1.165, 1.54) is 18.3 Å². The molecule has 1 heterocycles. The molecule has 0 saturated heterocycles. The Labute approximate surface area is 165 Å². The Morgan fingerprint density at radius 1 is 1.11 bits per heavy atom. The first-order valence-corrected chi connectivity index (χ1v) is 10.9. The molecule has 2 N–H and O–H groups in total. The van der Waals surface area contributed by atoms with Gasteiger partial charge in [0, 0.05) is 17.2 Å².